The molecule has 1 N–H and O–H groups in total. The largest absolute Gasteiger partial charge is 0.351 e. The summed E-state index contributed by atoms with van der Waals surface area (Å²) >= 11 is 0. The van der Waals surface area contributed by atoms with Crippen LogP contribution < -0.4 is 5.32 Å². The maximum atomic E-state index is 11.7. The highest BCUT2D eigenvalue weighted by molar-refractivity contribution is 5.88. The first kappa shape index (κ1) is 10.7. The van der Waals surface area contributed by atoms with Crippen LogP contribution in [0.2, 0.25) is 0 Å². The van der Waals surface area contributed by atoms with Crippen LogP contribution in [0.4, 0.5) is 0 Å². The van der Waals surface area contributed by atoms with Crippen LogP contribution in [0.1, 0.15) is 24.0 Å². The molecule has 1 aliphatic carbocycles. The monoisotopic (exact) mass is 214 g/mol. The smallest absolute Gasteiger partial charge is 0.240 e. The van der Waals surface area contributed by atoms with Crippen molar-refractivity contribution in [3.05, 3.63) is 35.4 Å². The van der Waals surface area contributed by atoms with E-state index in [0.717, 1.165) is 5.56 Å². The van der Waals surface area contributed by atoms with Gasteiger partial charge in [0.1, 0.15) is 5.41 Å². The summed E-state index contributed by atoms with van der Waals surface area (Å²) in [5, 5.41) is 11.7. The summed E-state index contributed by atoms with van der Waals surface area (Å²) in [5.41, 5.74) is 1.53. The summed E-state index contributed by atoms with van der Waals surface area (Å²) < 4.78 is 0. The number of carbonyl (C=O) groups is 1. The van der Waals surface area contributed by atoms with Crippen molar-refractivity contribution in [2.45, 2.75) is 26.3 Å². The molecule has 3 heteroatoms. The zero-order valence-corrected chi connectivity index (χ0v) is 9.29. The quantitative estimate of drug-likeness (QED) is 0.835. The molecule has 0 spiro atoms. The summed E-state index contributed by atoms with van der Waals surface area (Å²) in [4.78, 5) is 11.7. The lowest BCUT2D eigenvalue weighted by molar-refractivity contribution is -0.124. The molecule has 0 aliphatic heterocycles. The van der Waals surface area contributed by atoms with Crippen molar-refractivity contribution < 1.29 is 4.79 Å². The van der Waals surface area contributed by atoms with Gasteiger partial charge in [-0.3, -0.25) is 4.79 Å². The van der Waals surface area contributed by atoms with Gasteiger partial charge >= 0.3 is 0 Å². The van der Waals surface area contributed by atoms with Crippen molar-refractivity contribution in [2.24, 2.45) is 5.41 Å². The fraction of sp³-hybridized carbons (Fsp3) is 0.385. The summed E-state index contributed by atoms with van der Waals surface area (Å²) in [6.07, 6.45) is 1.40. The third kappa shape index (κ3) is 2.06. The first-order valence-electron chi connectivity index (χ1n) is 5.41. The van der Waals surface area contributed by atoms with Crippen molar-refractivity contribution in [2.75, 3.05) is 0 Å². The molecule has 0 radical (unpaired) electrons. The molecule has 1 aromatic carbocycles. The van der Waals surface area contributed by atoms with Gasteiger partial charge in [0, 0.05) is 6.54 Å². The van der Waals surface area contributed by atoms with Crippen molar-refractivity contribution >= 4 is 5.91 Å². The maximum Gasteiger partial charge on any atom is 0.240 e. The van der Waals surface area contributed by atoms with Crippen LogP contribution >= 0.6 is 0 Å². The highest BCUT2D eigenvalue weighted by atomic mass is 16.2. The number of nitriles is 1. The van der Waals surface area contributed by atoms with E-state index in [-0.39, 0.29) is 5.91 Å². The van der Waals surface area contributed by atoms with E-state index in [1.54, 1.807) is 0 Å². The number of rotatable bonds is 3. The van der Waals surface area contributed by atoms with E-state index in [2.05, 4.69) is 11.4 Å². The van der Waals surface area contributed by atoms with Crippen molar-refractivity contribution in [1.82, 2.24) is 5.32 Å². The third-order valence-electron chi connectivity index (χ3n) is 2.93. The molecule has 1 aliphatic rings. The van der Waals surface area contributed by atoms with Gasteiger partial charge in [0.15, 0.2) is 0 Å². The zero-order valence-electron chi connectivity index (χ0n) is 9.29. The minimum atomic E-state index is -0.718. The number of nitrogens with one attached hydrogen (secondary N) is 1. The molecule has 16 heavy (non-hydrogen) atoms. The van der Waals surface area contributed by atoms with Crippen LogP contribution in [-0.4, -0.2) is 5.91 Å². The summed E-state index contributed by atoms with van der Waals surface area (Å²) in [6, 6.07) is 10.1. The van der Waals surface area contributed by atoms with Crippen molar-refractivity contribution in [3.63, 3.8) is 0 Å². The minimum absolute atomic E-state index is 0.128. The van der Waals surface area contributed by atoms with Crippen LogP contribution in [0.5, 0.6) is 0 Å². The molecule has 2 rings (SSSR count). The topological polar surface area (TPSA) is 52.9 Å². The molecule has 0 atom stereocenters. The Bertz CT molecular complexity index is 455. The van der Waals surface area contributed by atoms with E-state index >= 15 is 0 Å². The number of aryl methyl sites for hydroxylation is 1. The Hall–Kier alpha value is -1.82. The molecule has 3 nitrogen and oxygen atoms in total. The second-order valence-corrected chi connectivity index (χ2v) is 4.37. The van der Waals surface area contributed by atoms with Gasteiger partial charge in [0.25, 0.3) is 0 Å². The number of hydrogen-bond acceptors (Lipinski definition) is 2. The van der Waals surface area contributed by atoms with Gasteiger partial charge in [-0.2, -0.15) is 5.26 Å². The molecule has 0 heterocycles. The van der Waals surface area contributed by atoms with Crippen molar-refractivity contribution in [1.29, 1.82) is 5.26 Å². The van der Waals surface area contributed by atoms with E-state index in [1.165, 1.54) is 5.56 Å². The van der Waals surface area contributed by atoms with Crippen LogP contribution in [0.15, 0.2) is 24.3 Å². The molecule has 1 saturated carbocycles. The predicted octanol–water partition coefficient (Wildman–Crippen LogP) is 1.91. The molecule has 0 bridgehead atoms. The molecule has 1 amide bonds. The first-order valence-corrected chi connectivity index (χ1v) is 5.41. The van der Waals surface area contributed by atoms with E-state index in [9.17, 15) is 4.79 Å². The Morgan fingerprint density at radius 2 is 2.31 bits per heavy atom. The maximum absolute atomic E-state index is 11.7. The molecule has 0 unspecified atom stereocenters. The zero-order chi connectivity index (χ0) is 11.6. The lowest BCUT2D eigenvalue weighted by atomic mass is 10.1. The number of amides is 1. The second-order valence-electron chi connectivity index (χ2n) is 4.37. The van der Waals surface area contributed by atoms with E-state index in [0.29, 0.717) is 19.4 Å². The fourth-order valence-electron chi connectivity index (χ4n) is 1.69. The Morgan fingerprint density at radius 3 is 2.88 bits per heavy atom. The number of benzene rings is 1. The van der Waals surface area contributed by atoms with E-state index < -0.39 is 5.41 Å². The van der Waals surface area contributed by atoms with E-state index in [1.807, 2.05) is 31.2 Å². The molecular formula is C13H14N2O. The van der Waals surface area contributed by atoms with Gasteiger partial charge in [-0.25, -0.2) is 0 Å². The molecule has 1 fully saturated rings. The van der Waals surface area contributed by atoms with Gasteiger partial charge in [0.2, 0.25) is 5.91 Å². The van der Waals surface area contributed by atoms with Gasteiger partial charge in [-0.05, 0) is 25.3 Å². The van der Waals surface area contributed by atoms with Crippen LogP contribution in [0.25, 0.3) is 0 Å². The van der Waals surface area contributed by atoms with Gasteiger partial charge in [-0.1, -0.05) is 29.8 Å². The van der Waals surface area contributed by atoms with Gasteiger partial charge in [-0.15, -0.1) is 0 Å². The Balaban J connectivity index is 1.94. The SMILES string of the molecule is Cc1cccc(CNC(=O)C2(C#N)CC2)c1. The summed E-state index contributed by atoms with van der Waals surface area (Å²) in [7, 11) is 0. The summed E-state index contributed by atoms with van der Waals surface area (Å²) in [6.45, 7) is 2.52. The molecule has 0 aromatic heterocycles. The molecule has 1 aromatic rings. The normalized spacial score (nSPS) is 16.2. The summed E-state index contributed by atoms with van der Waals surface area (Å²) in [5.74, 6) is -0.128. The standard InChI is InChI=1S/C13H14N2O/c1-10-3-2-4-11(7-10)8-15-12(16)13(9-14)5-6-13/h2-4,7H,5-6,8H2,1H3,(H,15,16). The lowest BCUT2D eigenvalue weighted by Crippen LogP contribution is -2.30. The number of hydrogen-bond donors (Lipinski definition) is 1. The number of carbonyl (C=O) groups excluding carboxylic acids is 1. The molecular weight excluding hydrogens is 200 g/mol. The second kappa shape index (κ2) is 3.97. The Morgan fingerprint density at radius 1 is 1.56 bits per heavy atom. The predicted molar refractivity (Wildman–Crippen MR) is 60.3 cm³/mol. The third-order valence-corrected chi connectivity index (χ3v) is 2.93. The van der Waals surface area contributed by atoms with Crippen LogP contribution in [0.3, 0.4) is 0 Å². The van der Waals surface area contributed by atoms with Gasteiger partial charge in [0.05, 0.1) is 6.07 Å². The van der Waals surface area contributed by atoms with E-state index in [4.69, 9.17) is 5.26 Å². The van der Waals surface area contributed by atoms with Crippen LogP contribution in [0, 0.1) is 23.7 Å². The molecule has 0 saturated heterocycles. The Labute approximate surface area is 95.1 Å². The fourth-order valence-corrected chi connectivity index (χ4v) is 1.69. The first-order chi connectivity index (χ1) is 7.66. The van der Waals surface area contributed by atoms with Gasteiger partial charge < -0.3 is 5.32 Å². The average molecular weight is 214 g/mol. The molecule has 82 valence electrons. The number of nitrogens with zero attached hydrogens (tertiary/aromatic N) is 1. The lowest BCUT2D eigenvalue weighted by Gasteiger charge is -2.08. The Kier molecular flexibility index (Phi) is 2.66. The minimum Gasteiger partial charge on any atom is -0.351 e. The van der Waals surface area contributed by atoms with Crippen molar-refractivity contribution in [3.8, 4) is 6.07 Å². The highest BCUT2D eigenvalue weighted by Crippen LogP contribution is 2.44. The van der Waals surface area contributed by atoms with Crippen LogP contribution in [-0.2, 0) is 11.3 Å². The highest BCUT2D eigenvalue weighted by Gasteiger charge is 2.50. The average Bonchev–Trinajstić information content (AvgIpc) is 3.07.